The van der Waals surface area contributed by atoms with Crippen LogP contribution in [0, 0.1) is 17.5 Å². The van der Waals surface area contributed by atoms with Crippen LogP contribution in [-0.4, -0.2) is 26.1 Å². The molecule has 0 aliphatic rings. The highest BCUT2D eigenvalue weighted by atomic mass is 35.5. The van der Waals surface area contributed by atoms with Gasteiger partial charge in [-0.15, -0.1) is 0 Å². The zero-order chi connectivity index (χ0) is 19.5. The van der Waals surface area contributed by atoms with E-state index in [1.54, 1.807) is 13.0 Å². The molecule has 0 fully saturated rings. The molecule has 2 aromatic rings. The predicted octanol–water partition coefficient (Wildman–Crippen LogP) is 4.99. The fourth-order valence-corrected chi connectivity index (χ4v) is 1.94. The first-order chi connectivity index (χ1) is 12.4. The molecule has 0 heterocycles. The van der Waals surface area contributed by atoms with Crippen LogP contribution in [-0.2, 0) is 16.1 Å². The third-order valence-electron chi connectivity index (χ3n) is 3.06. The van der Waals surface area contributed by atoms with Crippen molar-refractivity contribution in [2.45, 2.75) is 13.3 Å². The Bertz CT molecular complexity index is 783. The summed E-state index contributed by atoms with van der Waals surface area (Å²) in [4.78, 5) is 8.95. The molecule has 0 unspecified atom stereocenters. The molecule has 0 atom stereocenters. The Kier molecular flexibility index (Phi) is 9.22. The number of hydrogen-bond donors (Lipinski definition) is 0. The first-order valence-electron chi connectivity index (χ1n) is 7.41. The van der Waals surface area contributed by atoms with Crippen molar-refractivity contribution in [3.63, 3.8) is 0 Å². The van der Waals surface area contributed by atoms with Gasteiger partial charge < -0.3 is 9.68 Å². The van der Waals surface area contributed by atoms with Crippen LogP contribution in [0.15, 0.2) is 46.7 Å². The van der Waals surface area contributed by atoms with Crippen molar-refractivity contribution in [3.05, 3.63) is 70.0 Å². The Balaban J connectivity index is 0.000000260. The normalized spacial score (nSPS) is 11.1. The first-order valence-corrected chi connectivity index (χ1v) is 7.79. The molecule has 0 saturated heterocycles. The molecule has 0 saturated carbocycles. The summed E-state index contributed by atoms with van der Waals surface area (Å²) >= 11 is 5.52. The number of benzene rings is 2. The van der Waals surface area contributed by atoms with E-state index in [9.17, 15) is 13.2 Å². The van der Waals surface area contributed by atoms with E-state index in [4.69, 9.17) is 11.6 Å². The van der Waals surface area contributed by atoms with Crippen molar-refractivity contribution in [1.82, 2.24) is 0 Å². The lowest BCUT2D eigenvalue weighted by Crippen LogP contribution is -1.96. The minimum absolute atomic E-state index is 0.106. The van der Waals surface area contributed by atoms with E-state index >= 15 is 0 Å². The Morgan fingerprint density at radius 2 is 1.77 bits per heavy atom. The quantitative estimate of drug-likeness (QED) is 0.536. The topological polar surface area (TPSA) is 43.2 Å². The number of rotatable bonds is 5. The van der Waals surface area contributed by atoms with Gasteiger partial charge in [-0.3, -0.25) is 0 Å². The first kappa shape index (κ1) is 21.5. The molecule has 0 bridgehead atoms. The highest BCUT2D eigenvalue weighted by molar-refractivity contribution is 6.30. The molecule has 0 aromatic heterocycles. The van der Waals surface area contributed by atoms with Crippen LogP contribution in [0.4, 0.5) is 13.2 Å². The van der Waals surface area contributed by atoms with Crippen LogP contribution < -0.4 is 0 Å². The SMILES string of the molecule is CON=C(C)c1ccc(Cl)c(F)c1.CON=CCc1cc(F)ccc1F. The van der Waals surface area contributed by atoms with Crippen molar-refractivity contribution in [3.8, 4) is 0 Å². The summed E-state index contributed by atoms with van der Waals surface area (Å²) in [6.07, 6.45) is 1.59. The van der Waals surface area contributed by atoms with Crippen LogP contribution >= 0.6 is 11.6 Å². The molecular formula is C18H18ClF3N2O2. The summed E-state index contributed by atoms with van der Waals surface area (Å²) in [5.41, 5.74) is 1.53. The lowest BCUT2D eigenvalue weighted by Gasteiger charge is -2.00. The van der Waals surface area contributed by atoms with Crippen LogP contribution in [0.3, 0.4) is 0 Å². The number of oxime groups is 2. The number of halogens is 4. The molecule has 0 N–H and O–H groups in total. The highest BCUT2D eigenvalue weighted by Crippen LogP contribution is 2.16. The van der Waals surface area contributed by atoms with Crippen molar-refractivity contribution in [2.75, 3.05) is 14.2 Å². The lowest BCUT2D eigenvalue weighted by atomic mass is 10.1. The summed E-state index contributed by atoms with van der Waals surface area (Å²) in [5, 5.41) is 7.20. The molecule has 0 radical (unpaired) electrons. The summed E-state index contributed by atoms with van der Waals surface area (Å²) in [6.45, 7) is 1.73. The minimum atomic E-state index is -0.456. The summed E-state index contributed by atoms with van der Waals surface area (Å²) in [7, 11) is 2.83. The van der Waals surface area contributed by atoms with Gasteiger partial charge in [0.1, 0.15) is 31.7 Å². The predicted molar refractivity (Wildman–Crippen MR) is 96.2 cm³/mol. The van der Waals surface area contributed by atoms with Gasteiger partial charge in [-0.1, -0.05) is 28.0 Å². The molecule has 2 rings (SSSR count). The van der Waals surface area contributed by atoms with Crippen LogP contribution in [0.2, 0.25) is 5.02 Å². The number of nitrogens with zero attached hydrogens (tertiary/aromatic N) is 2. The van der Waals surface area contributed by atoms with Crippen LogP contribution in [0.5, 0.6) is 0 Å². The van der Waals surface area contributed by atoms with Crippen molar-refractivity contribution in [2.24, 2.45) is 10.3 Å². The average Bonchev–Trinajstić information content (AvgIpc) is 2.61. The fourth-order valence-electron chi connectivity index (χ4n) is 1.82. The molecule has 140 valence electrons. The molecule has 4 nitrogen and oxygen atoms in total. The minimum Gasteiger partial charge on any atom is -0.399 e. The Hall–Kier alpha value is -2.54. The highest BCUT2D eigenvalue weighted by Gasteiger charge is 2.03. The Morgan fingerprint density at radius 3 is 2.38 bits per heavy atom. The van der Waals surface area contributed by atoms with E-state index in [1.165, 1.54) is 32.6 Å². The lowest BCUT2D eigenvalue weighted by molar-refractivity contribution is 0.213. The smallest absolute Gasteiger partial charge is 0.142 e. The maximum absolute atomic E-state index is 13.0. The van der Waals surface area contributed by atoms with Gasteiger partial charge in [-0.05, 0) is 42.8 Å². The van der Waals surface area contributed by atoms with Crippen molar-refractivity contribution >= 4 is 23.5 Å². The van der Waals surface area contributed by atoms with E-state index in [0.29, 0.717) is 11.3 Å². The van der Waals surface area contributed by atoms with Crippen LogP contribution in [0.25, 0.3) is 0 Å². The molecule has 0 amide bonds. The second kappa shape index (κ2) is 11.1. The van der Waals surface area contributed by atoms with Gasteiger partial charge in [-0.2, -0.15) is 0 Å². The largest absolute Gasteiger partial charge is 0.399 e. The van der Waals surface area contributed by atoms with Gasteiger partial charge in [0.2, 0.25) is 0 Å². The zero-order valence-corrected chi connectivity index (χ0v) is 15.2. The average molecular weight is 387 g/mol. The van der Waals surface area contributed by atoms with Crippen molar-refractivity contribution < 1.29 is 22.8 Å². The zero-order valence-electron chi connectivity index (χ0n) is 14.5. The van der Waals surface area contributed by atoms with Gasteiger partial charge in [-0.25, -0.2) is 13.2 Å². The van der Waals surface area contributed by atoms with Gasteiger partial charge in [0.05, 0.1) is 10.7 Å². The van der Waals surface area contributed by atoms with Gasteiger partial charge >= 0.3 is 0 Å². The Labute approximate surface area is 154 Å². The molecular weight excluding hydrogens is 369 g/mol. The third-order valence-corrected chi connectivity index (χ3v) is 3.37. The van der Waals surface area contributed by atoms with E-state index in [-0.39, 0.29) is 17.0 Å². The van der Waals surface area contributed by atoms with E-state index < -0.39 is 17.5 Å². The fraction of sp³-hybridized carbons (Fsp3) is 0.222. The van der Waals surface area contributed by atoms with Crippen molar-refractivity contribution in [1.29, 1.82) is 0 Å². The maximum atomic E-state index is 13.0. The summed E-state index contributed by atoms with van der Waals surface area (Å²) in [6, 6.07) is 7.79. The van der Waals surface area contributed by atoms with Gasteiger partial charge in [0, 0.05) is 18.2 Å². The second-order valence-corrected chi connectivity index (χ2v) is 5.31. The van der Waals surface area contributed by atoms with Crippen LogP contribution in [0.1, 0.15) is 18.1 Å². The third kappa shape index (κ3) is 7.14. The summed E-state index contributed by atoms with van der Waals surface area (Å²) < 4.78 is 38.5. The van der Waals surface area contributed by atoms with Gasteiger partial charge in [0.15, 0.2) is 0 Å². The van der Waals surface area contributed by atoms with E-state index in [2.05, 4.69) is 20.0 Å². The maximum Gasteiger partial charge on any atom is 0.142 e. The monoisotopic (exact) mass is 386 g/mol. The molecule has 2 aromatic carbocycles. The molecule has 0 spiro atoms. The number of hydrogen-bond acceptors (Lipinski definition) is 4. The summed E-state index contributed by atoms with van der Waals surface area (Å²) in [5.74, 6) is -1.35. The molecule has 0 aliphatic carbocycles. The molecule has 0 aliphatic heterocycles. The molecule has 8 heteroatoms. The van der Waals surface area contributed by atoms with E-state index in [0.717, 1.165) is 18.2 Å². The van der Waals surface area contributed by atoms with Gasteiger partial charge in [0.25, 0.3) is 0 Å². The molecule has 26 heavy (non-hydrogen) atoms. The van der Waals surface area contributed by atoms with E-state index in [1.807, 2.05) is 0 Å². The standard InChI is InChI=1S/C9H9ClFNO.C9H9F2NO/c1-6(12-13-2)7-3-4-8(10)9(11)5-7;1-13-12-5-4-7-6-8(10)2-3-9(7)11/h3-5H,1-2H3;2-3,5-6H,4H2,1H3. The second-order valence-electron chi connectivity index (χ2n) is 4.90. The Morgan fingerprint density at radius 1 is 1.04 bits per heavy atom.